The summed E-state index contributed by atoms with van der Waals surface area (Å²) in [6.45, 7) is 2.77. The van der Waals surface area contributed by atoms with Crippen LogP contribution in [0.1, 0.15) is 24.8 Å². The minimum absolute atomic E-state index is 0.209. The lowest BCUT2D eigenvalue weighted by Gasteiger charge is -2.15. The number of aliphatic carboxylic acids is 1. The van der Waals surface area contributed by atoms with Crippen LogP contribution in [0.4, 0.5) is 4.39 Å². The van der Waals surface area contributed by atoms with Crippen molar-refractivity contribution in [3.63, 3.8) is 0 Å². The highest BCUT2D eigenvalue weighted by atomic mass is 19.1. The molecule has 1 fully saturated rings. The highest BCUT2D eigenvalue weighted by Crippen LogP contribution is 2.22. The fraction of sp³-hybridized carbons (Fsp3) is 0.500. The van der Waals surface area contributed by atoms with Crippen LogP contribution < -0.4 is 0 Å². The van der Waals surface area contributed by atoms with E-state index >= 15 is 0 Å². The number of likely N-dealkylation sites (tertiary alicyclic amines) is 1. The smallest absolute Gasteiger partial charge is 0.303 e. The molecule has 0 radical (unpaired) electrons. The maximum atomic E-state index is 12.8. The summed E-state index contributed by atoms with van der Waals surface area (Å²) in [5.74, 6) is -0.437. The van der Waals surface area contributed by atoms with E-state index < -0.39 is 5.97 Å². The number of carboxylic acids is 1. The fourth-order valence-electron chi connectivity index (χ4n) is 2.47. The molecule has 0 spiro atoms. The standard InChI is InChI=1S/C14H18FNO2/c15-13-4-1-11(2-5-13)9-16-8-7-12(10-16)3-6-14(17)18/h1-2,4-5,12H,3,6-10H2,(H,17,18). The van der Waals surface area contributed by atoms with Gasteiger partial charge in [0, 0.05) is 19.5 Å². The number of rotatable bonds is 5. The Kier molecular flexibility index (Phi) is 4.31. The molecule has 18 heavy (non-hydrogen) atoms. The van der Waals surface area contributed by atoms with Gasteiger partial charge in [-0.3, -0.25) is 9.69 Å². The molecule has 1 saturated heterocycles. The number of carbonyl (C=O) groups is 1. The molecule has 1 unspecified atom stereocenters. The Morgan fingerprint density at radius 3 is 2.78 bits per heavy atom. The average Bonchev–Trinajstić information content (AvgIpc) is 2.77. The molecule has 1 aliphatic heterocycles. The van der Waals surface area contributed by atoms with Crippen molar-refractivity contribution >= 4 is 5.97 Å². The molecule has 1 aromatic rings. The topological polar surface area (TPSA) is 40.5 Å². The first-order valence-electron chi connectivity index (χ1n) is 6.32. The van der Waals surface area contributed by atoms with E-state index in [1.807, 2.05) is 0 Å². The van der Waals surface area contributed by atoms with E-state index in [0.29, 0.717) is 5.92 Å². The number of hydrogen-bond acceptors (Lipinski definition) is 2. The lowest BCUT2D eigenvalue weighted by Crippen LogP contribution is -2.20. The van der Waals surface area contributed by atoms with Gasteiger partial charge in [0.1, 0.15) is 5.82 Å². The Morgan fingerprint density at radius 2 is 2.11 bits per heavy atom. The third kappa shape index (κ3) is 3.81. The van der Waals surface area contributed by atoms with Gasteiger partial charge in [0.2, 0.25) is 0 Å². The first kappa shape index (κ1) is 13.0. The summed E-state index contributed by atoms with van der Waals surface area (Å²) < 4.78 is 12.8. The lowest BCUT2D eigenvalue weighted by molar-refractivity contribution is -0.137. The van der Waals surface area contributed by atoms with Gasteiger partial charge in [-0.1, -0.05) is 12.1 Å². The third-order valence-electron chi connectivity index (χ3n) is 3.46. The molecular formula is C14H18FNO2. The summed E-state index contributed by atoms with van der Waals surface area (Å²) in [5, 5.41) is 8.65. The number of carboxylic acid groups (broad SMARTS) is 1. The predicted octanol–water partition coefficient (Wildman–Crippen LogP) is 2.51. The van der Waals surface area contributed by atoms with Crippen LogP contribution >= 0.6 is 0 Å². The summed E-state index contributed by atoms with van der Waals surface area (Å²) in [6.07, 6.45) is 2.08. The Labute approximate surface area is 106 Å². The number of halogens is 1. The van der Waals surface area contributed by atoms with Gasteiger partial charge in [0.15, 0.2) is 0 Å². The van der Waals surface area contributed by atoms with Crippen LogP contribution in [0.3, 0.4) is 0 Å². The first-order valence-corrected chi connectivity index (χ1v) is 6.32. The SMILES string of the molecule is O=C(O)CCC1CCN(Cc2ccc(F)cc2)C1. The fourth-order valence-corrected chi connectivity index (χ4v) is 2.47. The second kappa shape index (κ2) is 5.96. The Bertz CT molecular complexity index is 405. The second-order valence-electron chi connectivity index (χ2n) is 4.95. The van der Waals surface area contributed by atoms with E-state index in [9.17, 15) is 9.18 Å². The molecule has 2 rings (SSSR count). The van der Waals surface area contributed by atoms with Crippen LogP contribution in [0.15, 0.2) is 24.3 Å². The minimum Gasteiger partial charge on any atom is -0.481 e. The largest absolute Gasteiger partial charge is 0.481 e. The zero-order valence-corrected chi connectivity index (χ0v) is 10.3. The van der Waals surface area contributed by atoms with Gasteiger partial charge < -0.3 is 5.11 Å². The van der Waals surface area contributed by atoms with Crippen molar-refractivity contribution in [1.82, 2.24) is 4.90 Å². The summed E-state index contributed by atoms with van der Waals surface area (Å²) >= 11 is 0. The molecule has 1 heterocycles. The summed E-state index contributed by atoms with van der Waals surface area (Å²) in [4.78, 5) is 12.8. The zero-order valence-electron chi connectivity index (χ0n) is 10.3. The van der Waals surface area contributed by atoms with Gasteiger partial charge in [0.05, 0.1) is 0 Å². The predicted molar refractivity (Wildman–Crippen MR) is 66.7 cm³/mol. The zero-order chi connectivity index (χ0) is 13.0. The van der Waals surface area contributed by atoms with Crippen LogP contribution in [0.5, 0.6) is 0 Å². The molecule has 0 saturated carbocycles. The molecule has 0 bridgehead atoms. The van der Waals surface area contributed by atoms with Gasteiger partial charge in [-0.05, 0) is 43.0 Å². The summed E-state index contributed by atoms with van der Waals surface area (Å²) in [7, 11) is 0. The number of benzene rings is 1. The van der Waals surface area contributed by atoms with Crippen molar-refractivity contribution in [2.75, 3.05) is 13.1 Å². The third-order valence-corrected chi connectivity index (χ3v) is 3.46. The van der Waals surface area contributed by atoms with Crippen LogP contribution in [-0.2, 0) is 11.3 Å². The van der Waals surface area contributed by atoms with Crippen molar-refractivity contribution in [3.8, 4) is 0 Å². The van der Waals surface area contributed by atoms with Crippen molar-refractivity contribution < 1.29 is 14.3 Å². The monoisotopic (exact) mass is 251 g/mol. The van der Waals surface area contributed by atoms with Crippen molar-refractivity contribution in [1.29, 1.82) is 0 Å². The van der Waals surface area contributed by atoms with Gasteiger partial charge in [-0.2, -0.15) is 0 Å². The van der Waals surface area contributed by atoms with E-state index in [0.717, 1.165) is 38.0 Å². The van der Waals surface area contributed by atoms with E-state index in [1.54, 1.807) is 12.1 Å². The van der Waals surface area contributed by atoms with Crippen molar-refractivity contribution in [2.45, 2.75) is 25.8 Å². The highest BCUT2D eigenvalue weighted by molar-refractivity contribution is 5.66. The summed E-state index contributed by atoms with van der Waals surface area (Å²) in [5.41, 5.74) is 1.11. The van der Waals surface area contributed by atoms with E-state index in [4.69, 9.17) is 5.11 Å². The van der Waals surface area contributed by atoms with E-state index in [2.05, 4.69) is 4.90 Å². The van der Waals surface area contributed by atoms with Crippen LogP contribution in [0.25, 0.3) is 0 Å². The number of nitrogens with zero attached hydrogens (tertiary/aromatic N) is 1. The van der Waals surface area contributed by atoms with Crippen LogP contribution in [0.2, 0.25) is 0 Å². The molecule has 0 amide bonds. The van der Waals surface area contributed by atoms with Crippen LogP contribution in [0, 0.1) is 11.7 Å². The molecule has 3 nitrogen and oxygen atoms in total. The molecule has 98 valence electrons. The van der Waals surface area contributed by atoms with Gasteiger partial charge in [-0.15, -0.1) is 0 Å². The maximum Gasteiger partial charge on any atom is 0.303 e. The van der Waals surface area contributed by atoms with Crippen molar-refractivity contribution in [3.05, 3.63) is 35.6 Å². The molecule has 1 N–H and O–H groups in total. The molecule has 1 aliphatic rings. The average molecular weight is 251 g/mol. The molecular weight excluding hydrogens is 233 g/mol. The van der Waals surface area contributed by atoms with Gasteiger partial charge >= 0.3 is 5.97 Å². The molecule has 4 heteroatoms. The van der Waals surface area contributed by atoms with E-state index in [1.165, 1.54) is 12.1 Å². The van der Waals surface area contributed by atoms with Crippen molar-refractivity contribution in [2.24, 2.45) is 5.92 Å². The lowest BCUT2D eigenvalue weighted by atomic mass is 10.0. The first-order chi connectivity index (χ1) is 8.63. The molecule has 0 aromatic heterocycles. The normalized spacial score (nSPS) is 20.2. The van der Waals surface area contributed by atoms with Gasteiger partial charge in [-0.25, -0.2) is 4.39 Å². The highest BCUT2D eigenvalue weighted by Gasteiger charge is 2.22. The second-order valence-corrected chi connectivity index (χ2v) is 4.95. The van der Waals surface area contributed by atoms with Gasteiger partial charge in [0.25, 0.3) is 0 Å². The molecule has 1 atom stereocenters. The maximum absolute atomic E-state index is 12.8. The molecule has 1 aromatic carbocycles. The Hall–Kier alpha value is -1.42. The minimum atomic E-state index is -0.716. The Morgan fingerprint density at radius 1 is 1.39 bits per heavy atom. The molecule has 0 aliphatic carbocycles. The quantitative estimate of drug-likeness (QED) is 0.874. The number of hydrogen-bond donors (Lipinski definition) is 1. The Balaban J connectivity index is 1.78. The summed E-state index contributed by atoms with van der Waals surface area (Å²) in [6, 6.07) is 6.57. The van der Waals surface area contributed by atoms with Crippen LogP contribution in [-0.4, -0.2) is 29.1 Å². The van der Waals surface area contributed by atoms with E-state index in [-0.39, 0.29) is 12.2 Å².